The molecule has 0 saturated carbocycles. The molecule has 0 aromatic heterocycles. The number of hydrogen-bond acceptors (Lipinski definition) is 4. The summed E-state index contributed by atoms with van der Waals surface area (Å²) >= 11 is 0. The molecular formula is C17H24N2O2. The van der Waals surface area contributed by atoms with Gasteiger partial charge in [-0.2, -0.15) is 0 Å². The van der Waals surface area contributed by atoms with Crippen molar-refractivity contribution in [2.45, 2.75) is 38.9 Å². The molecular weight excluding hydrogens is 264 g/mol. The van der Waals surface area contributed by atoms with Gasteiger partial charge in [-0.15, -0.1) is 0 Å². The van der Waals surface area contributed by atoms with E-state index in [1.54, 1.807) is 0 Å². The molecule has 4 nitrogen and oxygen atoms in total. The SMILES string of the molecule is CC1CN(CC(=O)c2ccc3c(c2)CCCN3)CC(C)O1. The van der Waals surface area contributed by atoms with E-state index in [9.17, 15) is 4.79 Å². The topological polar surface area (TPSA) is 41.6 Å². The fourth-order valence-corrected chi connectivity index (χ4v) is 3.36. The third kappa shape index (κ3) is 3.44. The summed E-state index contributed by atoms with van der Waals surface area (Å²) in [7, 11) is 0. The number of carbonyl (C=O) groups excluding carboxylic acids is 1. The first-order valence-electron chi connectivity index (χ1n) is 7.89. The first-order chi connectivity index (χ1) is 10.1. The number of hydrogen-bond donors (Lipinski definition) is 1. The van der Waals surface area contributed by atoms with Crippen molar-refractivity contribution in [1.82, 2.24) is 4.90 Å². The Bertz CT molecular complexity index is 520. The molecule has 3 rings (SSSR count). The van der Waals surface area contributed by atoms with E-state index in [1.165, 1.54) is 11.3 Å². The van der Waals surface area contributed by atoms with Gasteiger partial charge in [0, 0.05) is 30.9 Å². The largest absolute Gasteiger partial charge is 0.385 e. The third-order valence-electron chi connectivity index (χ3n) is 4.23. The molecule has 2 atom stereocenters. The van der Waals surface area contributed by atoms with E-state index >= 15 is 0 Å². The minimum atomic E-state index is 0.203. The molecule has 114 valence electrons. The highest BCUT2D eigenvalue weighted by Gasteiger charge is 2.24. The first-order valence-corrected chi connectivity index (χ1v) is 7.89. The van der Waals surface area contributed by atoms with Gasteiger partial charge in [-0.3, -0.25) is 9.69 Å². The number of aryl methyl sites for hydroxylation is 1. The summed E-state index contributed by atoms with van der Waals surface area (Å²) in [6.07, 6.45) is 2.61. The first kappa shape index (κ1) is 14.5. The third-order valence-corrected chi connectivity index (χ3v) is 4.23. The summed E-state index contributed by atoms with van der Waals surface area (Å²) in [4.78, 5) is 14.7. The summed E-state index contributed by atoms with van der Waals surface area (Å²) in [5, 5.41) is 3.38. The second kappa shape index (κ2) is 6.16. The van der Waals surface area contributed by atoms with Crippen molar-refractivity contribution >= 4 is 11.5 Å². The van der Waals surface area contributed by atoms with Crippen molar-refractivity contribution in [3.8, 4) is 0 Å². The number of fused-ring (bicyclic) bond motifs is 1. The van der Waals surface area contributed by atoms with E-state index in [0.29, 0.717) is 6.54 Å². The molecule has 0 radical (unpaired) electrons. The molecule has 21 heavy (non-hydrogen) atoms. The molecule has 2 heterocycles. The van der Waals surface area contributed by atoms with Crippen molar-refractivity contribution in [2.75, 3.05) is 31.5 Å². The molecule has 2 unspecified atom stereocenters. The van der Waals surface area contributed by atoms with Crippen LogP contribution in [0.1, 0.15) is 36.2 Å². The maximum Gasteiger partial charge on any atom is 0.176 e. The summed E-state index contributed by atoms with van der Waals surface area (Å²) in [5.41, 5.74) is 3.30. The molecule has 2 aliphatic rings. The molecule has 1 saturated heterocycles. The zero-order valence-corrected chi connectivity index (χ0v) is 12.9. The minimum Gasteiger partial charge on any atom is -0.385 e. The van der Waals surface area contributed by atoms with Crippen LogP contribution in [0, 0.1) is 0 Å². The second-order valence-corrected chi connectivity index (χ2v) is 6.28. The molecule has 1 aromatic rings. The van der Waals surface area contributed by atoms with Crippen LogP contribution in [0.15, 0.2) is 18.2 Å². The summed E-state index contributed by atoms with van der Waals surface area (Å²) in [6.45, 7) is 7.33. The average Bonchev–Trinajstić information content (AvgIpc) is 2.45. The van der Waals surface area contributed by atoms with Crippen LogP contribution < -0.4 is 5.32 Å². The van der Waals surface area contributed by atoms with E-state index in [2.05, 4.69) is 30.1 Å². The summed E-state index contributed by atoms with van der Waals surface area (Å²) in [5.74, 6) is 0.213. The highest BCUT2D eigenvalue weighted by atomic mass is 16.5. The van der Waals surface area contributed by atoms with Gasteiger partial charge in [0.2, 0.25) is 0 Å². The van der Waals surface area contributed by atoms with E-state index in [-0.39, 0.29) is 18.0 Å². The Morgan fingerprint density at radius 1 is 1.33 bits per heavy atom. The molecule has 1 fully saturated rings. The van der Waals surface area contributed by atoms with Crippen molar-refractivity contribution in [3.63, 3.8) is 0 Å². The number of carbonyl (C=O) groups is 1. The standard InChI is InChI=1S/C17H24N2O2/c1-12-9-19(10-13(2)21-12)11-17(20)15-5-6-16-14(8-15)4-3-7-18-16/h5-6,8,12-13,18H,3-4,7,9-11H2,1-2H3. The average molecular weight is 288 g/mol. The molecule has 1 aromatic carbocycles. The number of nitrogens with one attached hydrogen (secondary N) is 1. The van der Waals surface area contributed by atoms with Crippen LogP contribution in [-0.4, -0.2) is 49.1 Å². The van der Waals surface area contributed by atoms with Crippen LogP contribution in [0.25, 0.3) is 0 Å². The van der Waals surface area contributed by atoms with E-state index in [4.69, 9.17) is 4.74 Å². The lowest BCUT2D eigenvalue weighted by Gasteiger charge is -2.34. The Kier molecular flexibility index (Phi) is 4.27. The van der Waals surface area contributed by atoms with Crippen LogP contribution in [0.2, 0.25) is 0 Å². The predicted octanol–water partition coefficient (Wildman–Crippen LogP) is 2.34. The number of anilines is 1. The van der Waals surface area contributed by atoms with Gasteiger partial charge >= 0.3 is 0 Å². The van der Waals surface area contributed by atoms with Crippen LogP contribution in [0.5, 0.6) is 0 Å². The normalized spacial score (nSPS) is 26.0. The Hall–Kier alpha value is -1.39. The number of morpholine rings is 1. The molecule has 4 heteroatoms. The fourth-order valence-electron chi connectivity index (χ4n) is 3.36. The highest BCUT2D eigenvalue weighted by molar-refractivity contribution is 5.98. The number of ether oxygens (including phenoxy) is 1. The van der Waals surface area contributed by atoms with Crippen LogP contribution in [-0.2, 0) is 11.2 Å². The second-order valence-electron chi connectivity index (χ2n) is 6.28. The smallest absolute Gasteiger partial charge is 0.176 e. The molecule has 0 aliphatic carbocycles. The quantitative estimate of drug-likeness (QED) is 0.867. The molecule has 0 spiro atoms. The lowest BCUT2D eigenvalue weighted by atomic mass is 9.99. The van der Waals surface area contributed by atoms with E-state index in [0.717, 1.165) is 38.0 Å². The maximum atomic E-state index is 12.5. The van der Waals surface area contributed by atoms with Gasteiger partial charge < -0.3 is 10.1 Å². The van der Waals surface area contributed by atoms with Gasteiger partial charge in [-0.05, 0) is 50.5 Å². The lowest BCUT2D eigenvalue weighted by Crippen LogP contribution is -2.47. The van der Waals surface area contributed by atoms with Gasteiger partial charge in [0.05, 0.1) is 18.8 Å². The number of rotatable bonds is 3. The monoisotopic (exact) mass is 288 g/mol. The number of ketones is 1. The molecule has 0 bridgehead atoms. The zero-order valence-electron chi connectivity index (χ0n) is 12.9. The van der Waals surface area contributed by atoms with Crippen molar-refractivity contribution in [1.29, 1.82) is 0 Å². The molecule has 0 amide bonds. The highest BCUT2D eigenvalue weighted by Crippen LogP contribution is 2.23. The molecule has 1 N–H and O–H groups in total. The molecule has 2 aliphatic heterocycles. The van der Waals surface area contributed by atoms with Crippen LogP contribution in [0.4, 0.5) is 5.69 Å². The lowest BCUT2D eigenvalue weighted by molar-refractivity contribution is -0.0652. The van der Waals surface area contributed by atoms with Crippen LogP contribution >= 0.6 is 0 Å². The maximum absolute atomic E-state index is 12.5. The van der Waals surface area contributed by atoms with Gasteiger partial charge in [-0.25, -0.2) is 0 Å². The van der Waals surface area contributed by atoms with Crippen molar-refractivity contribution < 1.29 is 9.53 Å². The van der Waals surface area contributed by atoms with Crippen LogP contribution in [0.3, 0.4) is 0 Å². The zero-order chi connectivity index (χ0) is 14.8. The van der Waals surface area contributed by atoms with Gasteiger partial charge in [0.1, 0.15) is 0 Å². The summed E-state index contributed by atoms with van der Waals surface area (Å²) < 4.78 is 5.72. The van der Waals surface area contributed by atoms with Gasteiger partial charge in [-0.1, -0.05) is 0 Å². The van der Waals surface area contributed by atoms with Crippen molar-refractivity contribution in [3.05, 3.63) is 29.3 Å². The Morgan fingerprint density at radius 3 is 2.86 bits per heavy atom. The number of nitrogens with zero attached hydrogens (tertiary/aromatic N) is 1. The van der Waals surface area contributed by atoms with Gasteiger partial charge in [0.15, 0.2) is 5.78 Å². The Labute approximate surface area is 126 Å². The minimum absolute atomic E-state index is 0.203. The van der Waals surface area contributed by atoms with Crippen molar-refractivity contribution in [2.24, 2.45) is 0 Å². The predicted molar refractivity (Wildman–Crippen MR) is 84.0 cm³/mol. The van der Waals surface area contributed by atoms with E-state index < -0.39 is 0 Å². The van der Waals surface area contributed by atoms with Gasteiger partial charge in [0.25, 0.3) is 0 Å². The Balaban J connectivity index is 1.67. The number of Topliss-reactive ketones (excluding diaryl/α,β-unsaturated/α-hetero) is 1. The summed E-state index contributed by atoms with van der Waals surface area (Å²) in [6, 6.07) is 6.07. The Morgan fingerprint density at radius 2 is 2.10 bits per heavy atom. The number of benzene rings is 1. The fraction of sp³-hybridized carbons (Fsp3) is 0.588. The van der Waals surface area contributed by atoms with E-state index in [1.807, 2.05) is 12.1 Å².